The minimum atomic E-state index is -3.67. The van der Waals surface area contributed by atoms with E-state index in [2.05, 4.69) is 5.32 Å². The number of nitrogens with one attached hydrogen (secondary N) is 1. The highest BCUT2D eigenvalue weighted by molar-refractivity contribution is 7.89. The number of nitrogens with zero attached hydrogens (tertiary/aromatic N) is 2. The van der Waals surface area contributed by atoms with Gasteiger partial charge in [0.2, 0.25) is 21.8 Å². The summed E-state index contributed by atoms with van der Waals surface area (Å²) in [5.74, 6) is -1.16. The van der Waals surface area contributed by atoms with Crippen LogP contribution in [0.25, 0.3) is 0 Å². The Balaban J connectivity index is 1.61. The zero-order valence-corrected chi connectivity index (χ0v) is 19.3. The summed E-state index contributed by atoms with van der Waals surface area (Å²) in [5, 5.41) is 3.36. The van der Waals surface area contributed by atoms with Crippen LogP contribution in [-0.2, 0) is 19.6 Å². The molecule has 0 radical (unpaired) electrons. The Kier molecular flexibility index (Phi) is 7.59. The van der Waals surface area contributed by atoms with Crippen molar-refractivity contribution in [2.75, 3.05) is 32.0 Å². The van der Waals surface area contributed by atoms with E-state index in [4.69, 9.17) is 23.2 Å². The quantitative estimate of drug-likeness (QED) is 0.680. The molecule has 2 amide bonds. The summed E-state index contributed by atoms with van der Waals surface area (Å²) in [5.41, 5.74) is 0.470. The Morgan fingerprint density at radius 2 is 1.84 bits per heavy atom. The lowest BCUT2D eigenvalue weighted by atomic mass is 9.98. The number of likely N-dealkylation sites (N-methyl/N-ethyl adjacent to an activating group) is 1. The van der Waals surface area contributed by atoms with Crippen molar-refractivity contribution in [2.24, 2.45) is 5.92 Å². The zero-order chi connectivity index (χ0) is 22.6. The molecule has 3 rings (SSSR count). The lowest BCUT2D eigenvalue weighted by Gasteiger charge is -2.33. The van der Waals surface area contributed by atoms with Crippen LogP contribution in [0.5, 0.6) is 0 Å². The number of carbonyl (C=O) groups excluding carboxylic acids is 2. The first-order valence-corrected chi connectivity index (χ1v) is 11.9. The molecule has 2 aromatic rings. The molecular weight excluding hydrogens is 461 g/mol. The molecular formula is C21H23Cl2N3O4S. The highest BCUT2D eigenvalue weighted by Gasteiger charge is 2.34. The Bertz CT molecular complexity index is 1060. The van der Waals surface area contributed by atoms with Gasteiger partial charge in [-0.25, -0.2) is 8.42 Å². The average molecular weight is 484 g/mol. The molecule has 1 heterocycles. The Morgan fingerprint density at radius 3 is 2.52 bits per heavy atom. The van der Waals surface area contributed by atoms with Crippen LogP contribution in [-0.4, -0.2) is 56.1 Å². The van der Waals surface area contributed by atoms with E-state index < -0.39 is 15.9 Å². The molecule has 1 aliphatic heterocycles. The molecule has 31 heavy (non-hydrogen) atoms. The number of carbonyl (C=O) groups is 2. The number of amides is 2. The largest absolute Gasteiger partial charge is 0.336 e. The van der Waals surface area contributed by atoms with E-state index in [0.29, 0.717) is 35.1 Å². The van der Waals surface area contributed by atoms with Gasteiger partial charge in [-0.15, -0.1) is 0 Å². The van der Waals surface area contributed by atoms with E-state index in [1.54, 1.807) is 42.5 Å². The fraction of sp³-hybridized carbons (Fsp3) is 0.333. The molecule has 1 fully saturated rings. The van der Waals surface area contributed by atoms with Crippen LogP contribution < -0.4 is 5.32 Å². The van der Waals surface area contributed by atoms with Crippen molar-refractivity contribution < 1.29 is 18.0 Å². The standard InChI is InChI=1S/C21H23Cl2N3O4S/c1-25(14-20(27)24-16-9-10-18(22)19(23)12-16)21(28)15-6-5-11-26(13-15)31(29,30)17-7-3-2-4-8-17/h2-4,7-10,12,15H,5-6,11,13-14H2,1H3,(H,24,27). The maximum atomic E-state index is 12.9. The van der Waals surface area contributed by atoms with E-state index in [1.807, 2.05) is 0 Å². The van der Waals surface area contributed by atoms with Crippen molar-refractivity contribution in [2.45, 2.75) is 17.7 Å². The summed E-state index contributed by atoms with van der Waals surface area (Å²) in [7, 11) is -2.14. The second kappa shape index (κ2) is 9.99. The van der Waals surface area contributed by atoms with Gasteiger partial charge >= 0.3 is 0 Å². The molecule has 0 bridgehead atoms. The molecule has 1 N–H and O–H groups in total. The number of anilines is 1. The summed E-state index contributed by atoms with van der Waals surface area (Å²) in [4.78, 5) is 26.7. The Hall–Kier alpha value is -2.13. The van der Waals surface area contributed by atoms with Gasteiger partial charge < -0.3 is 10.2 Å². The molecule has 7 nitrogen and oxygen atoms in total. The van der Waals surface area contributed by atoms with Crippen LogP contribution in [0.4, 0.5) is 5.69 Å². The summed E-state index contributed by atoms with van der Waals surface area (Å²) >= 11 is 11.8. The van der Waals surface area contributed by atoms with Crippen molar-refractivity contribution in [3.05, 3.63) is 58.6 Å². The van der Waals surface area contributed by atoms with Gasteiger partial charge in [-0.3, -0.25) is 9.59 Å². The first kappa shape index (κ1) is 23.5. The minimum absolute atomic E-state index is 0.0921. The highest BCUT2D eigenvalue weighted by atomic mass is 35.5. The van der Waals surface area contributed by atoms with E-state index in [1.165, 1.54) is 22.3 Å². The number of hydrogen-bond acceptors (Lipinski definition) is 4. The molecule has 166 valence electrons. The van der Waals surface area contributed by atoms with Gasteiger partial charge in [-0.1, -0.05) is 41.4 Å². The minimum Gasteiger partial charge on any atom is -0.336 e. The van der Waals surface area contributed by atoms with Gasteiger partial charge in [0.05, 0.1) is 27.4 Å². The van der Waals surface area contributed by atoms with Gasteiger partial charge in [0.25, 0.3) is 0 Å². The van der Waals surface area contributed by atoms with Crippen LogP contribution in [0.2, 0.25) is 10.0 Å². The number of benzene rings is 2. The van der Waals surface area contributed by atoms with Gasteiger partial charge in [0.15, 0.2) is 0 Å². The Labute approximate surface area is 192 Å². The summed E-state index contributed by atoms with van der Waals surface area (Å²) in [6.07, 6.45) is 1.14. The number of halogens is 2. The molecule has 1 saturated heterocycles. The van der Waals surface area contributed by atoms with Gasteiger partial charge in [-0.05, 0) is 43.2 Å². The first-order chi connectivity index (χ1) is 14.7. The lowest BCUT2D eigenvalue weighted by molar-refractivity contribution is -0.138. The fourth-order valence-electron chi connectivity index (χ4n) is 3.48. The molecule has 1 unspecified atom stereocenters. The molecule has 0 saturated carbocycles. The van der Waals surface area contributed by atoms with Crippen molar-refractivity contribution in [3.63, 3.8) is 0 Å². The first-order valence-electron chi connectivity index (χ1n) is 9.73. The van der Waals surface area contributed by atoms with E-state index in [0.717, 1.165) is 0 Å². The summed E-state index contributed by atoms with van der Waals surface area (Å²) in [6, 6.07) is 12.9. The maximum Gasteiger partial charge on any atom is 0.243 e. The topological polar surface area (TPSA) is 86.8 Å². The second-order valence-electron chi connectivity index (χ2n) is 7.39. The van der Waals surface area contributed by atoms with Crippen LogP contribution in [0.1, 0.15) is 12.8 Å². The van der Waals surface area contributed by atoms with Gasteiger partial charge in [-0.2, -0.15) is 4.31 Å². The summed E-state index contributed by atoms with van der Waals surface area (Å²) < 4.78 is 27.1. The molecule has 1 atom stereocenters. The van der Waals surface area contributed by atoms with E-state index in [-0.39, 0.29) is 29.8 Å². The van der Waals surface area contributed by atoms with Crippen LogP contribution in [0, 0.1) is 5.92 Å². The number of rotatable bonds is 6. The lowest BCUT2D eigenvalue weighted by Crippen LogP contribution is -2.47. The monoisotopic (exact) mass is 483 g/mol. The normalized spacial score (nSPS) is 17.2. The predicted molar refractivity (Wildman–Crippen MR) is 121 cm³/mol. The van der Waals surface area contributed by atoms with Gasteiger partial charge in [0.1, 0.15) is 0 Å². The molecule has 1 aliphatic rings. The van der Waals surface area contributed by atoms with Crippen LogP contribution in [0.3, 0.4) is 0 Å². The zero-order valence-electron chi connectivity index (χ0n) is 16.9. The molecule has 10 heteroatoms. The fourth-order valence-corrected chi connectivity index (χ4v) is 5.33. The molecule has 0 spiro atoms. The number of sulfonamides is 1. The van der Waals surface area contributed by atoms with Crippen molar-refractivity contribution in [1.29, 1.82) is 0 Å². The van der Waals surface area contributed by atoms with Gasteiger partial charge in [0, 0.05) is 25.8 Å². The third-order valence-corrected chi connectivity index (χ3v) is 7.69. The molecule has 0 aromatic heterocycles. The number of hydrogen-bond donors (Lipinski definition) is 1. The van der Waals surface area contributed by atoms with Crippen LogP contribution >= 0.6 is 23.2 Å². The third-order valence-electron chi connectivity index (χ3n) is 5.07. The van der Waals surface area contributed by atoms with Crippen molar-refractivity contribution in [1.82, 2.24) is 9.21 Å². The van der Waals surface area contributed by atoms with E-state index in [9.17, 15) is 18.0 Å². The number of piperidine rings is 1. The smallest absolute Gasteiger partial charge is 0.243 e. The third kappa shape index (κ3) is 5.77. The Morgan fingerprint density at radius 1 is 1.13 bits per heavy atom. The average Bonchev–Trinajstić information content (AvgIpc) is 2.76. The van der Waals surface area contributed by atoms with Crippen molar-refractivity contribution in [3.8, 4) is 0 Å². The highest BCUT2D eigenvalue weighted by Crippen LogP contribution is 2.26. The maximum absolute atomic E-state index is 12.9. The van der Waals surface area contributed by atoms with E-state index >= 15 is 0 Å². The molecule has 2 aromatic carbocycles. The predicted octanol–water partition coefficient (Wildman–Crippen LogP) is 3.49. The second-order valence-corrected chi connectivity index (χ2v) is 10.1. The van der Waals surface area contributed by atoms with Crippen molar-refractivity contribution >= 4 is 50.7 Å². The van der Waals surface area contributed by atoms with Crippen LogP contribution in [0.15, 0.2) is 53.4 Å². The molecule has 0 aliphatic carbocycles. The SMILES string of the molecule is CN(CC(=O)Nc1ccc(Cl)c(Cl)c1)C(=O)C1CCCN(S(=O)(=O)c2ccccc2)C1. The summed E-state index contributed by atoms with van der Waals surface area (Å²) in [6.45, 7) is 0.290.